The summed E-state index contributed by atoms with van der Waals surface area (Å²) in [5, 5.41) is 9.66. The van der Waals surface area contributed by atoms with Crippen molar-refractivity contribution in [3.63, 3.8) is 0 Å². The van der Waals surface area contributed by atoms with Crippen LogP contribution in [0, 0.1) is 0 Å². The minimum atomic E-state index is -4.07. The first kappa shape index (κ1) is 18.2. The van der Waals surface area contributed by atoms with E-state index in [-0.39, 0.29) is 17.1 Å². The second-order valence-electron chi connectivity index (χ2n) is 6.07. The predicted octanol–water partition coefficient (Wildman–Crippen LogP) is 1.99. The summed E-state index contributed by atoms with van der Waals surface area (Å²) in [6.07, 6.45) is 0.193. The topological polar surface area (TPSA) is 102 Å². The van der Waals surface area contributed by atoms with Gasteiger partial charge in [-0.3, -0.25) is 4.79 Å². The van der Waals surface area contributed by atoms with E-state index in [0.717, 1.165) is 5.56 Å². The van der Waals surface area contributed by atoms with E-state index in [1.165, 1.54) is 32.4 Å². The third kappa shape index (κ3) is 3.13. The molecule has 0 spiro atoms. The Morgan fingerprint density at radius 3 is 2.35 bits per heavy atom. The molecule has 0 amide bonds. The van der Waals surface area contributed by atoms with Crippen molar-refractivity contribution in [2.24, 2.45) is 0 Å². The van der Waals surface area contributed by atoms with Gasteiger partial charge in [0.25, 0.3) is 0 Å². The standard InChI is InChI=1S/C18H19NO6S/c1-24-15-9-8-13(10-16(15)25-2)26(22,23)19-18(17(20)21)11-14(18)12-6-4-3-5-7-12/h3-10,14,19H,11H2,1-2H3,(H,20,21). The highest BCUT2D eigenvalue weighted by Gasteiger charge is 2.63. The molecule has 1 aliphatic rings. The summed E-state index contributed by atoms with van der Waals surface area (Å²) in [5.74, 6) is -0.991. The predicted molar refractivity (Wildman–Crippen MR) is 94.0 cm³/mol. The van der Waals surface area contributed by atoms with Gasteiger partial charge in [0.05, 0.1) is 19.1 Å². The molecule has 7 nitrogen and oxygen atoms in total. The molecule has 2 aromatic rings. The Morgan fingerprint density at radius 2 is 1.77 bits per heavy atom. The number of ether oxygens (including phenoxy) is 2. The number of carbonyl (C=O) groups is 1. The minimum absolute atomic E-state index is 0.0884. The SMILES string of the molecule is COc1ccc(S(=O)(=O)NC2(C(=O)O)CC2c2ccccc2)cc1OC. The third-order valence-corrected chi connectivity index (χ3v) is 6.03. The van der Waals surface area contributed by atoms with E-state index in [1.54, 1.807) is 24.3 Å². The maximum Gasteiger partial charge on any atom is 0.325 e. The first-order chi connectivity index (χ1) is 12.3. The molecule has 26 heavy (non-hydrogen) atoms. The molecule has 2 atom stereocenters. The highest BCUT2D eigenvalue weighted by Crippen LogP contribution is 2.52. The van der Waals surface area contributed by atoms with Crippen LogP contribution in [0.1, 0.15) is 17.9 Å². The largest absolute Gasteiger partial charge is 0.493 e. The Kier molecular flexibility index (Phi) is 4.64. The molecule has 2 N–H and O–H groups in total. The van der Waals surface area contributed by atoms with Gasteiger partial charge in [0.2, 0.25) is 10.0 Å². The second kappa shape index (κ2) is 6.62. The number of benzene rings is 2. The minimum Gasteiger partial charge on any atom is -0.493 e. The molecule has 0 radical (unpaired) electrons. The molecule has 2 unspecified atom stereocenters. The third-order valence-electron chi connectivity index (χ3n) is 4.53. The summed E-state index contributed by atoms with van der Waals surface area (Å²) < 4.78 is 38.1. The Bertz CT molecular complexity index is 928. The molecule has 2 aromatic carbocycles. The van der Waals surface area contributed by atoms with Crippen LogP contribution < -0.4 is 14.2 Å². The second-order valence-corrected chi connectivity index (χ2v) is 7.75. The van der Waals surface area contributed by atoms with E-state index in [0.29, 0.717) is 5.75 Å². The van der Waals surface area contributed by atoms with Gasteiger partial charge in [-0.05, 0) is 24.1 Å². The first-order valence-corrected chi connectivity index (χ1v) is 9.37. The van der Waals surface area contributed by atoms with Crippen molar-refractivity contribution in [1.29, 1.82) is 0 Å². The van der Waals surface area contributed by atoms with Crippen LogP contribution in [0.2, 0.25) is 0 Å². The fraction of sp³-hybridized carbons (Fsp3) is 0.278. The maximum atomic E-state index is 12.8. The lowest BCUT2D eigenvalue weighted by Gasteiger charge is -2.16. The smallest absolute Gasteiger partial charge is 0.325 e. The molecule has 0 aliphatic heterocycles. The van der Waals surface area contributed by atoms with Gasteiger partial charge in [0, 0.05) is 12.0 Å². The monoisotopic (exact) mass is 377 g/mol. The van der Waals surface area contributed by atoms with Gasteiger partial charge in [0.1, 0.15) is 5.54 Å². The number of nitrogens with one attached hydrogen (secondary N) is 1. The van der Waals surface area contributed by atoms with Crippen LogP contribution in [-0.4, -0.2) is 39.3 Å². The molecule has 8 heteroatoms. The van der Waals surface area contributed by atoms with Gasteiger partial charge in [-0.15, -0.1) is 0 Å². The molecular weight excluding hydrogens is 358 g/mol. The van der Waals surface area contributed by atoms with Crippen LogP contribution in [0.15, 0.2) is 53.4 Å². The molecule has 138 valence electrons. The normalized spacial score (nSPS) is 21.8. The Hall–Kier alpha value is -2.58. The van der Waals surface area contributed by atoms with Gasteiger partial charge < -0.3 is 14.6 Å². The van der Waals surface area contributed by atoms with Crippen LogP contribution >= 0.6 is 0 Å². The summed E-state index contributed by atoms with van der Waals surface area (Å²) >= 11 is 0. The van der Waals surface area contributed by atoms with Gasteiger partial charge in [0.15, 0.2) is 11.5 Å². The van der Waals surface area contributed by atoms with Crippen molar-refractivity contribution in [3.05, 3.63) is 54.1 Å². The molecule has 1 fully saturated rings. The van der Waals surface area contributed by atoms with Crippen molar-refractivity contribution < 1.29 is 27.8 Å². The molecule has 3 rings (SSSR count). The van der Waals surface area contributed by atoms with Crippen LogP contribution in [0.25, 0.3) is 0 Å². The highest BCUT2D eigenvalue weighted by atomic mass is 32.2. The average Bonchev–Trinajstić information content (AvgIpc) is 3.36. The van der Waals surface area contributed by atoms with Crippen LogP contribution in [0.3, 0.4) is 0 Å². The van der Waals surface area contributed by atoms with Gasteiger partial charge in [-0.2, -0.15) is 4.72 Å². The summed E-state index contributed by atoms with van der Waals surface area (Å²) in [5.41, 5.74) is -0.766. The van der Waals surface area contributed by atoms with Gasteiger partial charge >= 0.3 is 5.97 Å². The first-order valence-electron chi connectivity index (χ1n) is 7.88. The average molecular weight is 377 g/mol. The van der Waals surface area contributed by atoms with E-state index in [2.05, 4.69) is 4.72 Å². The maximum absolute atomic E-state index is 12.8. The zero-order chi connectivity index (χ0) is 18.9. The van der Waals surface area contributed by atoms with Crippen LogP contribution in [0.5, 0.6) is 11.5 Å². The molecular formula is C18H19NO6S. The molecule has 1 aliphatic carbocycles. The number of sulfonamides is 1. The molecule has 0 aromatic heterocycles. The lowest BCUT2D eigenvalue weighted by atomic mass is 10.1. The summed E-state index contributed by atoms with van der Waals surface area (Å²) in [6, 6.07) is 13.1. The number of carboxylic acid groups (broad SMARTS) is 1. The number of aliphatic carboxylic acids is 1. The summed E-state index contributed by atoms with van der Waals surface area (Å²) in [4.78, 5) is 11.7. The zero-order valence-electron chi connectivity index (χ0n) is 14.3. The number of carboxylic acids is 1. The Balaban J connectivity index is 1.92. The summed E-state index contributed by atoms with van der Waals surface area (Å²) in [7, 11) is -1.23. The van der Waals surface area contributed by atoms with Crippen molar-refractivity contribution in [2.75, 3.05) is 14.2 Å². The quantitative estimate of drug-likeness (QED) is 0.765. The van der Waals surface area contributed by atoms with Crippen LogP contribution in [0.4, 0.5) is 0 Å². The van der Waals surface area contributed by atoms with E-state index >= 15 is 0 Å². The van der Waals surface area contributed by atoms with Crippen molar-refractivity contribution in [1.82, 2.24) is 4.72 Å². The number of rotatable bonds is 7. The van der Waals surface area contributed by atoms with Crippen molar-refractivity contribution in [2.45, 2.75) is 22.8 Å². The molecule has 0 heterocycles. The highest BCUT2D eigenvalue weighted by molar-refractivity contribution is 7.89. The molecule has 0 saturated heterocycles. The van der Waals surface area contributed by atoms with Crippen molar-refractivity contribution in [3.8, 4) is 11.5 Å². The molecule has 1 saturated carbocycles. The Labute approximate surface area is 151 Å². The van der Waals surface area contributed by atoms with E-state index < -0.39 is 27.4 Å². The number of hydrogen-bond donors (Lipinski definition) is 2. The lowest BCUT2D eigenvalue weighted by molar-refractivity contribution is -0.140. The zero-order valence-corrected chi connectivity index (χ0v) is 15.1. The fourth-order valence-electron chi connectivity index (χ4n) is 3.03. The Morgan fingerprint density at radius 1 is 1.12 bits per heavy atom. The summed E-state index contributed by atoms with van der Waals surface area (Å²) in [6.45, 7) is 0. The number of methoxy groups -OCH3 is 2. The van der Waals surface area contributed by atoms with Crippen LogP contribution in [-0.2, 0) is 14.8 Å². The van der Waals surface area contributed by atoms with E-state index in [4.69, 9.17) is 9.47 Å². The van der Waals surface area contributed by atoms with Gasteiger partial charge in [-0.1, -0.05) is 30.3 Å². The number of hydrogen-bond acceptors (Lipinski definition) is 5. The van der Waals surface area contributed by atoms with Gasteiger partial charge in [-0.25, -0.2) is 8.42 Å². The lowest BCUT2D eigenvalue weighted by Crippen LogP contribution is -2.44. The fourth-order valence-corrected chi connectivity index (χ4v) is 4.45. The van der Waals surface area contributed by atoms with E-state index in [9.17, 15) is 18.3 Å². The van der Waals surface area contributed by atoms with Crippen molar-refractivity contribution >= 4 is 16.0 Å². The van der Waals surface area contributed by atoms with E-state index in [1.807, 2.05) is 6.07 Å². The molecule has 0 bridgehead atoms.